The number of aryl methyl sites for hydroxylation is 2. The molecule has 1 aromatic heterocycles. The van der Waals surface area contributed by atoms with Gasteiger partial charge in [-0.15, -0.1) is 0 Å². The molecule has 6 nitrogen and oxygen atoms in total. The summed E-state index contributed by atoms with van der Waals surface area (Å²) < 4.78 is 2.01. The molecule has 118 valence electrons. The fraction of sp³-hybridized carbons (Fsp3) is 0.375. The quantitative estimate of drug-likeness (QED) is 0.744. The minimum atomic E-state index is -1.95. The van der Waals surface area contributed by atoms with Crippen LogP contribution in [0, 0.1) is 0 Å². The lowest BCUT2D eigenvalue weighted by atomic mass is 10.1. The molecular formula is C16H20N2O4. The third-order valence-electron chi connectivity index (χ3n) is 3.69. The summed E-state index contributed by atoms with van der Waals surface area (Å²) in [6.07, 6.45) is 2.79. The Morgan fingerprint density at radius 2 is 2.00 bits per heavy atom. The lowest BCUT2D eigenvalue weighted by molar-refractivity contribution is -0.156. The average Bonchev–Trinajstić information content (AvgIpc) is 2.80. The first-order valence-corrected chi connectivity index (χ1v) is 7.06. The first kappa shape index (κ1) is 16.0. The SMILES string of the molecule is Cn1cc(CCC(=O)NCC(C)(O)C(=O)O)c2ccccc21. The van der Waals surface area contributed by atoms with Gasteiger partial charge in [0.05, 0.1) is 6.54 Å². The average molecular weight is 304 g/mol. The fourth-order valence-corrected chi connectivity index (χ4v) is 2.31. The molecule has 0 radical (unpaired) electrons. The van der Waals surface area contributed by atoms with E-state index in [1.165, 1.54) is 0 Å². The molecule has 0 aliphatic carbocycles. The van der Waals surface area contributed by atoms with E-state index < -0.39 is 11.6 Å². The molecule has 22 heavy (non-hydrogen) atoms. The maximum Gasteiger partial charge on any atom is 0.337 e. The predicted octanol–water partition coefficient (Wildman–Crippen LogP) is 1.06. The molecule has 0 aliphatic heterocycles. The van der Waals surface area contributed by atoms with Crippen LogP contribution < -0.4 is 5.32 Å². The number of nitrogens with zero attached hydrogens (tertiary/aromatic N) is 1. The zero-order valence-corrected chi connectivity index (χ0v) is 12.7. The van der Waals surface area contributed by atoms with Crippen molar-refractivity contribution in [1.29, 1.82) is 0 Å². The molecular weight excluding hydrogens is 284 g/mol. The maximum atomic E-state index is 11.8. The van der Waals surface area contributed by atoms with E-state index in [-0.39, 0.29) is 18.9 Å². The molecule has 0 saturated heterocycles. The second-order valence-corrected chi connectivity index (χ2v) is 5.64. The minimum Gasteiger partial charge on any atom is -0.479 e. The topological polar surface area (TPSA) is 91.6 Å². The predicted molar refractivity (Wildman–Crippen MR) is 82.5 cm³/mol. The Hall–Kier alpha value is -2.34. The summed E-state index contributed by atoms with van der Waals surface area (Å²) in [6.45, 7) is 0.844. The molecule has 3 N–H and O–H groups in total. The van der Waals surface area contributed by atoms with Crippen molar-refractivity contribution < 1.29 is 19.8 Å². The molecule has 6 heteroatoms. The number of carbonyl (C=O) groups excluding carboxylic acids is 1. The largest absolute Gasteiger partial charge is 0.479 e. The summed E-state index contributed by atoms with van der Waals surface area (Å²) in [4.78, 5) is 22.6. The standard InChI is InChI=1S/C16H20N2O4/c1-16(22,15(20)21)10-17-14(19)8-7-11-9-18(2)13-6-4-3-5-12(11)13/h3-6,9,22H,7-8,10H2,1-2H3,(H,17,19)(H,20,21). The van der Waals surface area contributed by atoms with Crippen LogP contribution in [-0.4, -0.2) is 38.8 Å². The van der Waals surface area contributed by atoms with E-state index in [4.69, 9.17) is 5.11 Å². The van der Waals surface area contributed by atoms with Gasteiger partial charge in [-0.2, -0.15) is 0 Å². The summed E-state index contributed by atoms with van der Waals surface area (Å²) in [7, 11) is 1.95. The van der Waals surface area contributed by atoms with E-state index in [0.717, 1.165) is 23.4 Å². The number of fused-ring (bicyclic) bond motifs is 1. The molecule has 2 rings (SSSR count). The zero-order valence-electron chi connectivity index (χ0n) is 12.7. The number of carboxylic acid groups (broad SMARTS) is 1. The van der Waals surface area contributed by atoms with Crippen molar-refractivity contribution in [2.24, 2.45) is 7.05 Å². The molecule has 0 fully saturated rings. The Kier molecular flexibility index (Phi) is 4.51. The van der Waals surface area contributed by atoms with Gasteiger partial charge < -0.3 is 20.1 Å². The highest BCUT2D eigenvalue weighted by Gasteiger charge is 2.30. The van der Waals surface area contributed by atoms with E-state index in [2.05, 4.69) is 5.32 Å². The lowest BCUT2D eigenvalue weighted by Gasteiger charge is -2.18. The summed E-state index contributed by atoms with van der Waals surface area (Å²) in [6, 6.07) is 7.95. The van der Waals surface area contributed by atoms with Crippen LogP contribution in [0.3, 0.4) is 0 Å². The van der Waals surface area contributed by atoms with Gasteiger partial charge in [-0.25, -0.2) is 4.79 Å². The number of amides is 1. The zero-order chi connectivity index (χ0) is 16.3. The van der Waals surface area contributed by atoms with Crippen molar-refractivity contribution in [1.82, 2.24) is 9.88 Å². The van der Waals surface area contributed by atoms with Gasteiger partial charge in [-0.05, 0) is 25.0 Å². The Bertz CT molecular complexity index is 703. The molecule has 1 unspecified atom stereocenters. The number of aromatic nitrogens is 1. The number of rotatable bonds is 6. The number of benzene rings is 1. The van der Waals surface area contributed by atoms with Gasteiger partial charge >= 0.3 is 5.97 Å². The van der Waals surface area contributed by atoms with E-state index in [1.807, 2.05) is 42.1 Å². The van der Waals surface area contributed by atoms with Gasteiger partial charge in [0.1, 0.15) is 0 Å². The summed E-state index contributed by atoms with van der Waals surface area (Å²) in [5, 5.41) is 21.9. The van der Waals surface area contributed by atoms with E-state index in [1.54, 1.807) is 0 Å². The number of nitrogens with one attached hydrogen (secondary N) is 1. The lowest BCUT2D eigenvalue weighted by Crippen LogP contribution is -2.46. The highest BCUT2D eigenvalue weighted by Crippen LogP contribution is 2.21. The molecule has 2 aromatic rings. The highest BCUT2D eigenvalue weighted by molar-refractivity contribution is 5.85. The Balaban J connectivity index is 1.95. The van der Waals surface area contributed by atoms with Gasteiger partial charge in [0.25, 0.3) is 0 Å². The van der Waals surface area contributed by atoms with Gasteiger partial charge in [-0.3, -0.25) is 4.79 Å². The molecule has 0 aliphatic rings. The minimum absolute atomic E-state index is 0.240. The first-order chi connectivity index (χ1) is 10.3. The van der Waals surface area contributed by atoms with Gasteiger partial charge in [0.15, 0.2) is 5.60 Å². The number of hydrogen-bond donors (Lipinski definition) is 3. The van der Waals surface area contributed by atoms with E-state index >= 15 is 0 Å². The van der Waals surface area contributed by atoms with Crippen LogP contribution in [0.25, 0.3) is 10.9 Å². The van der Waals surface area contributed by atoms with Gasteiger partial charge in [0.2, 0.25) is 5.91 Å². The molecule has 0 bridgehead atoms. The molecule has 0 saturated carbocycles. The molecule has 1 amide bonds. The van der Waals surface area contributed by atoms with E-state index in [9.17, 15) is 14.7 Å². The smallest absolute Gasteiger partial charge is 0.337 e. The van der Waals surface area contributed by atoms with Gasteiger partial charge in [-0.1, -0.05) is 18.2 Å². The Morgan fingerprint density at radius 3 is 2.68 bits per heavy atom. The van der Waals surface area contributed by atoms with E-state index in [0.29, 0.717) is 6.42 Å². The maximum absolute atomic E-state index is 11.8. The molecule has 0 spiro atoms. The monoisotopic (exact) mass is 304 g/mol. The number of carboxylic acids is 1. The van der Waals surface area contributed by atoms with Crippen molar-refractivity contribution in [3.05, 3.63) is 36.0 Å². The van der Waals surface area contributed by atoms with Gasteiger partial charge in [0, 0.05) is 30.6 Å². The number of aliphatic hydroxyl groups is 1. The number of hydrogen-bond acceptors (Lipinski definition) is 3. The normalized spacial score (nSPS) is 13.8. The fourth-order valence-electron chi connectivity index (χ4n) is 2.31. The van der Waals surface area contributed by atoms with Crippen molar-refractivity contribution in [3.8, 4) is 0 Å². The third-order valence-corrected chi connectivity index (χ3v) is 3.69. The van der Waals surface area contributed by atoms with Crippen molar-refractivity contribution in [2.75, 3.05) is 6.54 Å². The van der Waals surface area contributed by atoms with Crippen molar-refractivity contribution >= 4 is 22.8 Å². The Labute approximate surface area is 128 Å². The molecule has 1 heterocycles. The van der Waals surface area contributed by atoms with Crippen molar-refractivity contribution in [2.45, 2.75) is 25.4 Å². The van der Waals surface area contributed by atoms with Crippen LogP contribution in [0.15, 0.2) is 30.5 Å². The molecule has 1 aromatic carbocycles. The summed E-state index contributed by atoms with van der Waals surface area (Å²) >= 11 is 0. The second kappa shape index (κ2) is 6.19. The van der Waals surface area contributed by atoms with Crippen LogP contribution in [-0.2, 0) is 23.1 Å². The number of para-hydroxylation sites is 1. The van der Waals surface area contributed by atoms with Crippen LogP contribution in [0.1, 0.15) is 18.9 Å². The van der Waals surface area contributed by atoms with Crippen LogP contribution in [0.4, 0.5) is 0 Å². The third kappa shape index (κ3) is 3.46. The number of aliphatic carboxylic acids is 1. The van der Waals surface area contributed by atoms with Crippen LogP contribution >= 0.6 is 0 Å². The van der Waals surface area contributed by atoms with Crippen LogP contribution in [0.5, 0.6) is 0 Å². The second-order valence-electron chi connectivity index (χ2n) is 5.64. The summed E-state index contributed by atoms with van der Waals surface area (Å²) in [5.41, 5.74) is 0.222. The Morgan fingerprint density at radius 1 is 1.32 bits per heavy atom. The highest BCUT2D eigenvalue weighted by atomic mass is 16.4. The van der Waals surface area contributed by atoms with Crippen molar-refractivity contribution in [3.63, 3.8) is 0 Å². The number of carbonyl (C=O) groups is 2. The van der Waals surface area contributed by atoms with Crippen LogP contribution in [0.2, 0.25) is 0 Å². The molecule has 1 atom stereocenters. The first-order valence-electron chi connectivity index (χ1n) is 7.06. The summed E-state index contributed by atoms with van der Waals surface area (Å²) in [5.74, 6) is -1.64.